The third-order valence-corrected chi connectivity index (χ3v) is 2.76. The van der Waals surface area contributed by atoms with E-state index in [1.54, 1.807) is 11.3 Å². The van der Waals surface area contributed by atoms with Gasteiger partial charge in [-0.1, -0.05) is 0 Å². The van der Waals surface area contributed by atoms with Gasteiger partial charge in [-0.25, -0.2) is 10.3 Å². The molecule has 12 heavy (non-hydrogen) atoms. The van der Waals surface area contributed by atoms with Crippen LogP contribution in [-0.4, -0.2) is 36.1 Å². The minimum atomic E-state index is 0.991. The molecule has 1 aromatic heterocycles. The molecule has 0 bridgehead atoms. The summed E-state index contributed by atoms with van der Waals surface area (Å²) in [5.74, 6) is 0. The Kier molecular flexibility index (Phi) is 2.71. The monoisotopic (exact) mass is 182 g/mol. The van der Waals surface area contributed by atoms with Crippen LogP contribution in [0.25, 0.3) is 0 Å². The van der Waals surface area contributed by atoms with Crippen LogP contribution in [0.5, 0.6) is 0 Å². The third kappa shape index (κ3) is 2.03. The summed E-state index contributed by atoms with van der Waals surface area (Å²) in [6.07, 6.45) is 1.87. The fourth-order valence-electron chi connectivity index (χ4n) is 1.33. The highest BCUT2D eigenvalue weighted by atomic mass is 32.1. The van der Waals surface area contributed by atoms with Gasteiger partial charge in [0.2, 0.25) is 0 Å². The van der Waals surface area contributed by atoms with Crippen molar-refractivity contribution in [3.05, 3.63) is 16.6 Å². The van der Waals surface area contributed by atoms with Crippen LogP contribution in [0, 0.1) is 0 Å². The van der Waals surface area contributed by atoms with E-state index in [1.807, 2.05) is 11.6 Å². The van der Waals surface area contributed by atoms with Crippen LogP contribution in [-0.2, 0) is 6.54 Å². The Morgan fingerprint density at radius 2 is 2.25 bits per heavy atom. The molecule has 0 aliphatic carbocycles. The maximum atomic E-state index is 4.30. The number of nitrogens with zero attached hydrogens (tertiary/aromatic N) is 3. The van der Waals surface area contributed by atoms with Crippen molar-refractivity contribution in [2.24, 2.45) is 0 Å². The van der Waals surface area contributed by atoms with Crippen molar-refractivity contribution in [2.45, 2.75) is 6.54 Å². The molecule has 2 rings (SSSR count). The second-order valence-corrected chi connectivity index (χ2v) is 3.85. The van der Waals surface area contributed by atoms with Gasteiger partial charge in [-0.2, -0.15) is 0 Å². The molecule has 1 aliphatic heterocycles. The van der Waals surface area contributed by atoms with Crippen LogP contribution in [0.3, 0.4) is 0 Å². The van der Waals surface area contributed by atoms with Crippen LogP contribution >= 0.6 is 11.3 Å². The van der Waals surface area contributed by atoms with Gasteiger partial charge in [0, 0.05) is 37.8 Å². The molecular formula is C8H12N3S. The summed E-state index contributed by atoms with van der Waals surface area (Å²) in [5, 5.41) is 7.55. The van der Waals surface area contributed by atoms with Crippen molar-refractivity contribution in [3.8, 4) is 0 Å². The van der Waals surface area contributed by atoms with Gasteiger partial charge in [0.15, 0.2) is 0 Å². The lowest BCUT2D eigenvalue weighted by Crippen LogP contribution is -2.39. The first-order valence-corrected chi connectivity index (χ1v) is 5.07. The summed E-state index contributed by atoms with van der Waals surface area (Å²) >= 11 is 1.73. The van der Waals surface area contributed by atoms with E-state index in [9.17, 15) is 0 Å². The van der Waals surface area contributed by atoms with Gasteiger partial charge in [0.05, 0.1) is 6.54 Å². The van der Waals surface area contributed by atoms with Crippen LogP contribution in [0.1, 0.15) is 5.01 Å². The van der Waals surface area contributed by atoms with Crippen molar-refractivity contribution < 1.29 is 0 Å². The average molecular weight is 182 g/mol. The summed E-state index contributed by atoms with van der Waals surface area (Å²) in [6, 6.07) is 0. The van der Waals surface area contributed by atoms with Crippen LogP contribution in [0.2, 0.25) is 0 Å². The molecule has 1 saturated heterocycles. The Morgan fingerprint density at radius 3 is 2.92 bits per heavy atom. The van der Waals surface area contributed by atoms with E-state index < -0.39 is 0 Å². The van der Waals surface area contributed by atoms with E-state index in [1.165, 1.54) is 5.01 Å². The maximum absolute atomic E-state index is 4.30. The smallest absolute Gasteiger partial charge is 0.107 e. The fourth-order valence-corrected chi connectivity index (χ4v) is 1.99. The zero-order valence-electron chi connectivity index (χ0n) is 6.94. The van der Waals surface area contributed by atoms with Crippen LogP contribution in [0.4, 0.5) is 0 Å². The molecular weight excluding hydrogens is 170 g/mol. The molecule has 0 amide bonds. The zero-order valence-corrected chi connectivity index (χ0v) is 7.76. The fraction of sp³-hybridized carbons (Fsp3) is 0.625. The van der Waals surface area contributed by atoms with E-state index in [0.717, 1.165) is 32.7 Å². The topological polar surface area (TPSA) is 30.2 Å². The van der Waals surface area contributed by atoms with Crippen molar-refractivity contribution in [1.82, 2.24) is 15.2 Å². The lowest BCUT2D eigenvalue weighted by Gasteiger charge is -2.24. The van der Waals surface area contributed by atoms with E-state index in [4.69, 9.17) is 0 Å². The molecule has 0 atom stereocenters. The van der Waals surface area contributed by atoms with Gasteiger partial charge in [-0.05, 0) is 0 Å². The summed E-state index contributed by atoms with van der Waals surface area (Å²) in [4.78, 5) is 6.67. The van der Waals surface area contributed by atoms with Gasteiger partial charge in [-0.3, -0.25) is 4.90 Å². The molecule has 65 valence electrons. The van der Waals surface area contributed by atoms with E-state index in [2.05, 4.69) is 15.2 Å². The highest BCUT2D eigenvalue weighted by Gasteiger charge is 2.11. The first-order chi connectivity index (χ1) is 5.95. The van der Waals surface area contributed by atoms with E-state index in [0.29, 0.717) is 0 Å². The summed E-state index contributed by atoms with van der Waals surface area (Å²) in [6.45, 7) is 5.18. The van der Waals surface area contributed by atoms with Crippen molar-refractivity contribution in [1.29, 1.82) is 0 Å². The predicted molar refractivity (Wildman–Crippen MR) is 49.3 cm³/mol. The summed E-state index contributed by atoms with van der Waals surface area (Å²) < 4.78 is 0. The molecule has 0 N–H and O–H groups in total. The summed E-state index contributed by atoms with van der Waals surface area (Å²) in [5.41, 5.74) is 0. The third-order valence-electron chi connectivity index (χ3n) is 1.99. The van der Waals surface area contributed by atoms with Gasteiger partial charge in [-0.15, -0.1) is 11.3 Å². The van der Waals surface area contributed by atoms with Crippen molar-refractivity contribution >= 4 is 11.3 Å². The molecule has 0 unspecified atom stereocenters. The molecule has 3 nitrogen and oxygen atoms in total. The highest BCUT2D eigenvalue weighted by molar-refractivity contribution is 7.09. The Hall–Kier alpha value is -0.450. The molecule has 1 aromatic rings. The molecule has 0 saturated carbocycles. The normalized spacial score (nSPS) is 19.7. The number of rotatable bonds is 2. The minimum Gasteiger partial charge on any atom is -0.294 e. The predicted octanol–water partition coefficient (Wildman–Crippen LogP) is 0.563. The van der Waals surface area contributed by atoms with E-state index >= 15 is 0 Å². The largest absolute Gasteiger partial charge is 0.294 e. The van der Waals surface area contributed by atoms with Gasteiger partial charge >= 0.3 is 0 Å². The first kappa shape index (κ1) is 8.16. The Morgan fingerprint density at radius 1 is 1.42 bits per heavy atom. The lowest BCUT2D eigenvalue weighted by atomic mass is 10.4. The Balaban J connectivity index is 1.86. The standard InChI is InChI=1S/C8H12N3S/c1-4-11(5-2-9-1)7-8-10-3-6-12-8/h3,6H,1-2,4-5,7H2. The molecule has 4 heteroatoms. The quantitative estimate of drug-likeness (QED) is 0.669. The van der Waals surface area contributed by atoms with E-state index in [-0.39, 0.29) is 0 Å². The van der Waals surface area contributed by atoms with Gasteiger partial charge in [0.1, 0.15) is 5.01 Å². The maximum Gasteiger partial charge on any atom is 0.107 e. The molecule has 0 aromatic carbocycles. The molecule has 0 spiro atoms. The number of aromatic nitrogens is 1. The lowest BCUT2D eigenvalue weighted by molar-refractivity contribution is 0.230. The number of hydrogen-bond acceptors (Lipinski definition) is 3. The Bertz CT molecular complexity index is 216. The second kappa shape index (κ2) is 3.98. The SMILES string of the molecule is c1csc(CN2CC[N]CC2)n1. The zero-order chi connectivity index (χ0) is 8.23. The van der Waals surface area contributed by atoms with Crippen molar-refractivity contribution in [2.75, 3.05) is 26.2 Å². The number of piperazine rings is 1. The van der Waals surface area contributed by atoms with Crippen LogP contribution < -0.4 is 5.32 Å². The van der Waals surface area contributed by atoms with Crippen LogP contribution in [0.15, 0.2) is 11.6 Å². The average Bonchev–Trinajstić information content (AvgIpc) is 2.59. The first-order valence-electron chi connectivity index (χ1n) is 4.19. The number of hydrogen-bond donors (Lipinski definition) is 0. The Labute approximate surface area is 76.4 Å². The highest BCUT2D eigenvalue weighted by Crippen LogP contribution is 2.08. The summed E-state index contributed by atoms with van der Waals surface area (Å²) in [7, 11) is 0. The van der Waals surface area contributed by atoms with Crippen molar-refractivity contribution in [3.63, 3.8) is 0 Å². The van der Waals surface area contributed by atoms with Gasteiger partial charge in [0.25, 0.3) is 0 Å². The molecule has 1 aliphatic rings. The molecule has 1 fully saturated rings. The minimum absolute atomic E-state index is 0.991. The second-order valence-electron chi connectivity index (χ2n) is 2.87. The molecule has 1 radical (unpaired) electrons. The number of thiazole rings is 1. The molecule has 2 heterocycles. The van der Waals surface area contributed by atoms with Gasteiger partial charge < -0.3 is 0 Å².